The van der Waals surface area contributed by atoms with Crippen molar-refractivity contribution < 1.29 is 23.9 Å². The van der Waals surface area contributed by atoms with Crippen LogP contribution in [0.1, 0.15) is 39.2 Å². The second kappa shape index (κ2) is 8.80. The van der Waals surface area contributed by atoms with E-state index in [-0.39, 0.29) is 23.1 Å². The van der Waals surface area contributed by atoms with Crippen molar-refractivity contribution in [1.29, 1.82) is 0 Å². The Kier molecular flexibility index (Phi) is 6.49. The maximum Gasteiger partial charge on any atom is 0.339 e. The number of hydrogen-bond donors (Lipinski definition) is 0. The second-order valence-corrected chi connectivity index (χ2v) is 5.70. The van der Waals surface area contributed by atoms with Crippen molar-refractivity contribution in [3.63, 3.8) is 0 Å². The van der Waals surface area contributed by atoms with Crippen LogP contribution in [0.5, 0.6) is 0 Å². The molecule has 0 saturated carbocycles. The van der Waals surface area contributed by atoms with Gasteiger partial charge in [-0.15, -0.1) is 0 Å². The Hall–Kier alpha value is -3.15. The minimum absolute atomic E-state index is 0.0610. The topological polar surface area (TPSA) is 72.9 Å². The maximum absolute atomic E-state index is 12.3. The molecule has 0 N–H and O–H groups in total. The van der Waals surface area contributed by atoms with Gasteiger partial charge in [-0.25, -0.2) is 9.59 Å². The smallest absolute Gasteiger partial charge is 0.339 e. The summed E-state index contributed by atoms with van der Waals surface area (Å²) in [5, 5.41) is 0. The molecule has 6 nitrogen and oxygen atoms in total. The Balaban J connectivity index is 2.01. The quantitative estimate of drug-likeness (QED) is 0.745. The molecule has 2 rings (SSSR count). The monoisotopic (exact) mass is 355 g/mol. The lowest BCUT2D eigenvalue weighted by Crippen LogP contribution is -2.33. The standard InChI is InChI=1S/C20H21NO5/c1-14(15-9-5-4-6-10-15)21(2)18(22)13-26-20(24)17-12-8-7-11-16(17)19(23)25-3/h4-12,14H,13H2,1-3H3. The second-order valence-electron chi connectivity index (χ2n) is 5.70. The molecule has 0 fully saturated rings. The number of ether oxygens (including phenoxy) is 2. The Labute approximate surface area is 152 Å². The third kappa shape index (κ3) is 4.47. The first-order valence-electron chi connectivity index (χ1n) is 8.10. The van der Waals surface area contributed by atoms with Crippen molar-refractivity contribution >= 4 is 17.8 Å². The molecular formula is C20H21NO5. The molecule has 0 aliphatic carbocycles. The van der Waals surface area contributed by atoms with E-state index >= 15 is 0 Å². The largest absolute Gasteiger partial charge is 0.465 e. The lowest BCUT2D eigenvalue weighted by molar-refractivity contribution is -0.135. The van der Waals surface area contributed by atoms with Gasteiger partial charge >= 0.3 is 11.9 Å². The summed E-state index contributed by atoms with van der Waals surface area (Å²) in [5.41, 5.74) is 1.13. The number of methoxy groups -OCH3 is 1. The van der Waals surface area contributed by atoms with E-state index in [1.54, 1.807) is 19.2 Å². The zero-order valence-electron chi connectivity index (χ0n) is 15.0. The Morgan fingerprint density at radius 1 is 0.923 bits per heavy atom. The molecule has 0 saturated heterocycles. The molecule has 0 aliphatic rings. The molecule has 0 heterocycles. The Morgan fingerprint density at radius 2 is 1.46 bits per heavy atom. The first kappa shape index (κ1) is 19.2. The number of rotatable bonds is 6. The van der Waals surface area contributed by atoms with Crippen molar-refractivity contribution in [2.24, 2.45) is 0 Å². The normalized spacial score (nSPS) is 11.3. The van der Waals surface area contributed by atoms with Gasteiger partial charge in [0, 0.05) is 7.05 Å². The summed E-state index contributed by atoms with van der Waals surface area (Å²) in [6, 6.07) is 15.5. The molecule has 0 spiro atoms. The molecule has 0 bridgehead atoms. The van der Waals surface area contributed by atoms with Crippen LogP contribution in [0.3, 0.4) is 0 Å². The van der Waals surface area contributed by atoms with E-state index in [1.165, 1.54) is 24.1 Å². The number of likely N-dealkylation sites (N-methyl/N-ethyl adjacent to an activating group) is 1. The van der Waals surface area contributed by atoms with Gasteiger partial charge in [-0.3, -0.25) is 4.79 Å². The highest BCUT2D eigenvalue weighted by molar-refractivity contribution is 6.03. The van der Waals surface area contributed by atoms with E-state index in [9.17, 15) is 14.4 Å². The first-order valence-corrected chi connectivity index (χ1v) is 8.10. The minimum Gasteiger partial charge on any atom is -0.465 e. The first-order chi connectivity index (χ1) is 12.5. The molecule has 0 radical (unpaired) electrons. The van der Waals surface area contributed by atoms with Gasteiger partial charge in [0.05, 0.1) is 24.3 Å². The number of amides is 1. The molecule has 2 aromatic rings. The molecule has 1 unspecified atom stereocenters. The highest BCUT2D eigenvalue weighted by Gasteiger charge is 2.22. The van der Waals surface area contributed by atoms with Gasteiger partial charge in [0.1, 0.15) is 0 Å². The van der Waals surface area contributed by atoms with Crippen LogP contribution in [-0.4, -0.2) is 43.5 Å². The molecule has 0 aliphatic heterocycles. The zero-order chi connectivity index (χ0) is 19.1. The molecule has 2 aromatic carbocycles. The molecule has 136 valence electrons. The summed E-state index contributed by atoms with van der Waals surface area (Å²) >= 11 is 0. The van der Waals surface area contributed by atoms with Crippen LogP contribution in [0.25, 0.3) is 0 Å². The minimum atomic E-state index is -0.750. The van der Waals surface area contributed by atoms with Crippen LogP contribution in [0, 0.1) is 0 Å². The van der Waals surface area contributed by atoms with E-state index in [1.807, 2.05) is 37.3 Å². The number of carbonyl (C=O) groups excluding carboxylic acids is 3. The molecule has 26 heavy (non-hydrogen) atoms. The van der Waals surface area contributed by atoms with Crippen LogP contribution in [0.2, 0.25) is 0 Å². The Morgan fingerprint density at radius 3 is 2.04 bits per heavy atom. The van der Waals surface area contributed by atoms with Crippen molar-refractivity contribution in [2.75, 3.05) is 20.8 Å². The predicted octanol–water partition coefficient (Wildman–Crippen LogP) is 2.85. The predicted molar refractivity (Wildman–Crippen MR) is 95.7 cm³/mol. The fourth-order valence-corrected chi connectivity index (χ4v) is 2.43. The van der Waals surface area contributed by atoms with Gasteiger partial charge in [-0.2, -0.15) is 0 Å². The average Bonchev–Trinajstić information content (AvgIpc) is 2.70. The van der Waals surface area contributed by atoms with Crippen LogP contribution >= 0.6 is 0 Å². The van der Waals surface area contributed by atoms with Gasteiger partial charge in [0.25, 0.3) is 5.91 Å². The summed E-state index contributed by atoms with van der Waals surface area (Å²) in [6.07, 6.45) is 0. The van der Waals surface area contributed by atoms with Crippen LogP contribution in [-0.2, 0) is 14.3 Å². The Bertz CT molecular complexity index is 788. The SMILES string of the molecule is COC(=O)c1ccccc1C(=O)OCC(=O)N(C)C(C)c1ccccc1. The van der Waals surface area contributed by atoms with Gasteiger partial charge in [0.15, 0.2) is 6.61 Å². The summed E-state index contributed by atoms with van der Waals surface area (Å²) in [4.78, 5) is 37.8. The lowest BCUT2D eigenvalue weighted by atomic mass is 10.1. The fraction of sp³-hybridized carbons (Fsp3) is 0.250. The zero-order valence-corrected chi connectivity index (χ0v) is 15.0. The summed E-state index contributed by atoms with van der Waals surface area (Å²) < 4.78 is 9.74. The summed E-state index contributed by atoms with van der Waals surface area (Å²) in [5.74, 6) is -1.73. The average molecular weight is 355 g/mol. The van der Waals surface area contributed by atoms with E-state index in [0.29, 0.717) is 0 Å². The third-order valence-corrected chi connectivity index (χ3v) is 4.14. The van der Waals surface area contributed by atoms with Crippen LogP contribution in [0.4, 0.5) is 0 Å². The number of benzene rings is 2. The van der Waals surface area contributed by atoms with E-state index in [2.05, 4.69) is 4.74 Å². The lowest BCUT2D eigenvalue weighted by Gasteiger charge is -2.25. The van der Waals surface area contributed by atoms with E-state index in [4.69, 9.17) is 4.74 Å². The van der Waals surface area contributed by atoms with Gasteiger partial charge in [-0.05, 0) is 24.6 Å². The molecular weight excluding hydrogens is 334 g/mol. The number of carbonyl (C=O) groups is 3. The molecule has 1 atom stereocenters. The molecule has 1 amide bonds. The number of nitrogens with zero attached hydrogens (tertiary/aromatic N) is 1. The highest BCUT2D eigenvalue weighted by Crippen LogP contribution is 2.18. The van der Waals surface area contributed by atoms with Crippen molar-refractivity contribution in [2.45, 2.75) is 13.0 Å². The van der Waals surface area contributed by atoms with Crippen molar-refractivity contribution in [3.8, 4) is 0 Å². The van der Waals surface area contributed by atoms with Gasteiger partial charge < -0.3 is 14.4 Å². The maximum atomic E-state index is 12.3. The van der Waals surface area contributed by atoms with Crippen LogP contribution < -0.4 is 0 Å². The molecule has 0 aromatic heterocycles. The number of esters is 2. The van der Waals surface area contributed by atoms with Gasteiger partial charge in [0.2, 0.25) is 0 Å². The summed E-state index contributed by atoms with van der Waals surface area (Å²) in [7, 11) is 2.88. The fourth-order valence-electron chi connectivity index (χ4n) is 2.43. The molecule has 6 heteroatoms. The van der Waals surface area contributed by atoms with Crippen LogP contribution in [0.15, 0.2) is 54.6 Å². The van der Waals surface area contributed by atoms with Crippen molar-refractivity contribution in [1.82, 2.24) is 4.90 Å². The van der Waals surface area contributed by atoms with Crippen molar-refractivity contribution in [3.05, 3.63) is 71.3 Å². The van der Waals surface area contributed by atoms with E-state index < -0.39 is 18.5 Å². The highest BCUT2D eigenvalue weighted by atomic mass is 16.5. The third-order valence-electron chi connectivity index (χ3n) is 4.14. The van der Waals surface area contributed by atoms with Gasteiger partial charge in [-0.1, -0.05) is 42.5 Å². The summed E-state index contributed by atoms with van der Waals surface area (Å²) in [6.45, 7) is 1.48. The van der Waals surface area contributed by atoms with E-state index in [0.717, 1.165) is 5.56 Å². The number of hydrogen-bond acceptors (Lipinski definition) is 5.